The lowest BCUT2D eigenvalue weighted by Gasteiger charge is -2.26. The number of nitro benzene ring substituents is 1. The number of nitrogens with zero attached hydrogens (tertiary/aromatic N) is 2. The van der Waals surface area contributed by atoms with Crippen LogP contribution < -0.4 is 5.32 Å². The van der Waals surface area contributed by atoms with Crippen LogP contribution in [0.1, 0.15) is 6.42 Å². The Kier molecular flexibility index (Phi) is 5.04. The van der Waals surface area contributed by atoms with Gasteiger partial charge in [0.2, 0.25) is 5.91 Å². The number of nitro groups is 1. The van der Waals surface area contributed by atoms with Crippen LogP contribution >= 0.6 is 0 Å². The molecule has 0 spiro atoms. The van der Waals surface area contributed by atoms with Gasteiger partial charge in [0.05, 0.1) is 24.2 Å². The summed E-state index contributed by atoms with van der Waals surface area (Å²) in [5, 5.41) is 13.5. The molecule has 1 aliphatic rings. The second kappa shape index (κ2) is 6.98. The van der Waals surface area contributed by atoms with E-state index in [9.17, 15) is 19.3 Å². The molecule has 0 saturated carbocycles. The SMILES string of the molecule is O=C(CCNc1cc(F)cc([N+](=O)[O-])c1)N1CCOCC1. The molecule has 1 fully saturated rings. The van der Waals surface area contributed by atoms with Crippen molar-refractivity contribution in [3.63, 3.8) is 0 Å². The largest absolute Gasteiger partial charge is 0.384 e. The fourth-order valence-electron chi connectivity index (χ4n) is 2.07. The second-order valence-corrected chi connectivity index (χ2v) is 4.63. The second-order valence-electron chi connectivity index (χ2n) is 4.63. The maximum Gasteiger partial charge on any atom is 0.274 e. The number of ether oxygens (including phenoxy) is 1. The van der Waals surface area contributed by atoms with Crippen LogP contribution in [-0.4, -0.2) is 48.6 Å². The lowest BCUT2D eigenvalue weighted by molar-refractivity contribution is -0.385. The predicted molar refractivity (Wildman–Crippen MR) is 73.6 cm³/mol. The van der Waals surface area contributed by atoms with Gasteiger partial charge < -0.3 is 15.0 Å². The van der Waals surface area contributed by atoms with Crippen molar-refractivity contribution in [1.82, 2.24) is 4.90 Å². The monoisotopic (exact) mass is 297 g/mol. The van der Waals surface area contributed by atoms with E-state index in [1.54, 1.807) is 4.90 Å². The Balaban J connectivity index is 1.85. The molecule has 21 heavy (non-hydrogen) atoms. The lowest BCUT2D eigenvalue weighted by atomic mass is 10.2. The average Bonchev–Trinajstić information content (AvgIpc) is 2.47. The zero-order chi connectivity index (χ0) is 15.2. The molecule has 1 amide bonds. The van der Waals surface area contributed by atoms with Gasteiger partial charge in [-0.1, -0.05) is 0 Å². The lowest BCUT2D eigenvalue weighted by Crippen LogP contribution is -2.41. The van der Waals surface area contributed by atoms with E-state index in [-0.39, 0.29) is 30.2 Å². The summed E-state index contributed by atoms with van der Waals surface area (Å²) in [6, 6.07) is 3.25. The molecule has 1 heterocycles. The van der Waals surface area contributed by atoms with Gasteiger partial charge in [-0.25, -0.2) is 4.39 Å². The quantitative estimate of drug-likeness (QED) is 0.656. The molecule has 0 atom stereocenters. The van der Waals surface area contributed by atoms with E-state index in [1.165, 1.54) is 6.07 Å². The van der Waals surface area contributed by atoms with Crippen LogP contribution in [0.4, 0.5) is 15.8 Å². The Morgan fingerprint density at radius 2 is 2.10 bits per heavy atom. The average molecular weight is 297 g/mol. The number of hydrogen-bond donors (Lipinski definition) is 1. The predicted octanol–water partition coefficient (Wildman–Crippen LogP) is 1.39. The summed E-state index contributed by atoms with van der Waals surface area (Å²) >= 11 is 0. The summed E-state index contributed by atoms with van der Waals surface area (Å²) in [5.74, 6) is -0.706. The van der Waals surface area contributed by atoms with Gasteiger partial charge in [0, 0.05) is 37.8 Å². The molecule has 0 aromatic heterocycles. The minimum absolute atomic E-state index is 0.0169. The van der Waals surface area contributed by atoms with E-state index in [1.807, 2.05) is 0 Å². The third-order valence-corrected chi connectivity index (χ3v) is 3.13. The Morgan fingerprint density at radius 3 is 2.76 bits per heavy atom. The van der Waals surface area contributed by atoms with Crippen molar-refractivity contribution < 1.29 is 18.8 Å². The standard InChI is InChI=1S/C13H16FN3O4/c14-10-7-11(9-12(8-10)17(19)20)15-2-1-13(18)16-3-5-21-6-4-16/h7-9,15H,1-6H2. The molecule has 1 N–H and O–H groups in total. The van der Waals surface area contributed by atoms with Crippen LogP contribution in [0.25, 0.3) is 0 Å². The van der Waals surface area contributed by atoms with E-state index in [0.29, 0.717) is 26.3 Å². The van der Waals surface area contributed by atoms with Gasteiger partial charge in [-0.3, -0.25) is 14.9 Å². The summed E-state index contributed by atoms with van der Waals surface area (Å²) in [7, 11) is 0. The van der Waals surface area contributed by atoms with Crippen molar-refractivity contribution in [2.45, 2.75) is 6.42 Å². The van der Waals surface area contributed by atoms with E-state index >= 15 is 0 Å². The zero-order valence-corrected chi connectivity index (χ0v) is 11.4. The zero-order valence-electron chi connectivity index (χ0n) is 11.4. The third-order valence-electron chi connectivity index (χ3n) is 3.13. The third kappa shape index (κ3) is 4.38. The smallest absolute Gasteiger partial charge is 0.274 e. The number of nitrogens with one attached hydrogen (secondary N) is 1. The molecule has 0 unspecified atom stereocenters. The number of halogens is 1. The molecule has 1 aromatic carbocycles. The van der Waals surface area contributed by atoms with Gasteiger partial charge in [-0.2, -0.15) is 0 Å². The first-order valence-electron chi connectivity index (χ1n) is 6.60. The Bertz CT molecular complexity index is 532. The number of benzene rings is 1. The molecular formula is C13H16FN3O4. The number of amides is 1. The summed E-state index contributed by atoms with van der Waals surface area (Å²) in [4.78, 5) is 23.6. The van der Waals surface area contributed by atoms with Crippen LogP contribution in [0.5, 0.6) is 0 Å². The molecule has 0 radical (unpaired) electrons. The molecular weight excluding hydrogens is 281 g/mol. The van der Waals surface area contributed by atoms with Crippen LogP contribution in [0.2, 0.25) is 0 Å². The number of carbonyl (C=O) groups excluding carboxylic acids is 1. The fraction of sp³-hybridized carbons (Fsp3) is 0.462. The molecule has 114 valence electrons. The number of anilines is 1. The highest BCUT2D eigenvalue weighted by Crippen LogP contribution is 2.19. The Hall–Kier alpha value is -2.22. The molecule has 7 nitrogen and oxygen atoms in total. The Morgan fingerprint density at radius 1 is 1.38 bits per heavy atom. The molecule has 0 aliphatic carbocycles. The normalized spacial score (nSPS) is 14.8. The first-order valence-corrected chi connectivity index (χ1v) is 6.60. The first kappa shape index (κ1) is 15.2. The molecule has 1 saturated heterocycles. The van der Waals surface area contributed by atoms with E-state index in [4.69, 9.17) is 4.74 Å². The van der Waals surface area contributed by atoms with Gasteiger partial charge in [-0.05, 0) is 6.07 Å². The van der Waals surface area contributed by atoms with Crippen molar-refractivity contribution in [1.29, 1.82) is 0 Å². The van der Waals surface area contributed by atoms with Crippen molar-refractivity contribution in [3.8, 4) is 0 Å². The van der Waals surface area contributed by atoms with Gasteiger partial charge >= 0.3 is 0 Å². The molecule has 2 rings (SSSR count). The number of non-ortho nitro benzene ring substituents is 1. The Labute approximate surface area is 120 Å². The van der Waals surface area contributed by atoms with Gasteiger partial charge in [-0.15, -0.1) is 0 Å². The molecule has 1 aromatic rings. The number of rotatable bonds is 5. The van der Waals surface area contributed by atoms with E-state index in [0.717, 1.165) is 12.1 Å². The van der Waals surface area contributed by atoms with E-state index in [2.05, 4.69) is 5.32 Å². The topological polar surface area (TPSA) is 84.7 Å². The van der Waals surface area contributed by atoms with Crippen molar-refractivity contribution in [2.75, 3.05) is 38.2 Å². The minimum atomic E-state index is -0.689. The maximum absolute atomic E-state index is 13.2. The first-order chi connectivity index (χ1) is 10.1. The van der Waals surface area contributed by atoms with Crippen LogP contribution in [-0.2, 0) is 9.53 Å². The summed E-state index contributed by atoms with van der Waals surface area (Å²) in [6.07, 6.45) is 0.240. The highest BCUT2D eigenvalue weighted by atomic mass is 19.1. The number of hydrogen-bond acceptors (Lipinski definition) is 5. The number of morpholine rings is 1. The fourth-order valence-corrected chi connectivity index (χ4v) is 2.07. The highest BCUT2D eigenvalue weighted by molar-refractivity contribution is 5.76. The van der Waals surface area contributed by atoms with E-state index < -0.39 is 10.7 Å². The van der Waals surface area contributed by atoms with Gasteiger partial charge in [0.15, 0.2) is 0 Å². The van der Waals surface area contributed by atoms with Crippen LogP contribution in [0, 0.1) is 15.9 Å². The van der Waals surface area contributed by atoms with Crippen LogP contribution in [0.15, 0.2) is 18.2 Å². The van der Waals surface area contributed by atoms with Gasteiger partial charge in [0.1, 0.15) is 5.82 Å². The minimum Gasteiger partial charge on any atom is -0.384 e. The summed E-state index contributed by atoms with van der Waals surface area (Å²) in [6.45, 7) is 2.51. The molecule has 0 bridgehead atoms. The highest BCUT2D eigenvalue weighted by Gasteiger charge is 2.16. The van der Waals surface area contributed by atoms with Crippen LogP contribution in [0.3, 0.4) is 0 Å². The van der Waals surface area contributed by atoms with Crippen molar-refractivity contribution >= 4 is 17.3 Å². The van der Waals surface area contributed by atoms with Crippen molar-refractivity contribution in [3.05, 3.63) is 34.1 Å². The maximum atomic E-state index is 13.2. The van der Waals surface area contributed by atoms with Crippen molar-refractivity contribution in [2.24, 2.45) is 0 Å². The summed E-state index contributed by atoms with van der Waals surface area (Å²) < 4.78 is 18.4. The number of carbonyl (C=O) groups is 1. The van der Waals surface area contributed by atoms with Gasteiger partial charge in [0.25, 0.3) is 5.69 Å². The molecule has 8 heteroatoms. The summed E-state index contributed by atoms with van der Waals surface area (Å²) in [5.41, 5.74) is -0.0338. The molecule has 1 aliphatic heterocycles.